The van der Waals surface area contributed by atoms with E-state index in [2.05, 4.69) is 11.1 Å². The molecule has 0 radical (unpaired) electrons. The van der Waals surface area contributed by atoms with Crippen molar-refractivity contribution in [1.29, 1.82) is 5.26 Å². The van der Waals surface area contributed by atoms with Crippen molar-refractivity contribution in [3.63, 3.8) is 0 Å². The van der Waals surface area contributed by atoms with Crippen LogP contribution in [0.5, 0.6) is 5.75 Å². The third-order valence-corrected chi connectivity index (χ3v) is 4.65. The Morgan fingerprint density at radius 1 is 1.25 bits per heavy atom. The lowest BCUT2D eigenvalue weighted by Gasteiger charge is -2.34. The van der Waals surface area contributed by atoms with E-state index in [0.717, 1.165) is 17.7 Å². The Hall–Kier alpha value is -3.27. The third kappa shape index (κ3) is 4.52. The quantitative estimate of drug-likeness (QED) is 0.765. The fourth-order valence-electron chi connectivity index (χ4n) is 3.10. The normalized spacial score (nSPS) is 14.3. The number of carbonyl (C=O) groups excluding carboxylic acids is 1. The van der Waals surface area contributed by atoms with Crippen molar-refractivity contribution in [2.24, 2.45) is 0 Å². The molecular formula is C21H24N4O3. The van der Waals surface area contributed by atoms with Crippen LogP contribution in [-0.2, 0) is 4.79 Å². The van der Waals surface area contributed by atoms with E-state index < -0.39 is 0 Å². The maximum Gasteiger partial charge on any atom is 0.235 e. The fourth-order valence-corrected chi connectivity index (χ4v) is 3.10. The molecule has 1 amide bonds. The summed E-state index contributed by atoms with van der Waals surface area (Å²) in [6.07, 6.45) is 5.04. The summed E-state index contributed by atoms with van der Waals surface area (Å²) in [7, 11) is 1.63. The van der Waals surface area contributed by atoms with Gasteiger partial charge in [-0.25, -0.2) is 0 Å². The molecule has 1 aromatic heterocycles. The number of nitriles is 1. The number of carbonyl (C=O) groups is 1. The Morgan fingerprint density at radius 2 is 1.96 bits per heavy atom. The van der Waals surface area contributed by atoms with E-state index in [9.17, 15) is 10.1 Å². The molecule has 1 aromatic carbocycles. The number of hydrogen-bond donors (Lipinski definition) is 0. The first-order chi connectivity index (χ1) is 13.6. The minimum absolute atomic E-state index is 0.184. The first-order valence-corrected chi connectivity index (χ1v) is 9.40. The number of piperazine rings is 1. The Kier molecular flexibility index (Phi) is 6.33. The maximum atomic E-state index is 12.0. The van der Waals surface area contributed by atoms with Gasteiger partial charge in [-0.05, 0) is 30.2 Å². The van der Waals surface area contributed by atoms with Crippen molar-refractivity contribution >= 4 is 23.9 Å². The molecule has 0 N–H and O–H groups in total. The number of rotatable bonds is 6. The second kappa shape index (κ2) is 9.09. The van der Waals surface area contributed by atoms with Crippen molar-refractivity contribution in [1.82, 2.24) is 9.88 Å². The second-order valence-corrected chi connectivity index (χ2v) is 6.54. The first-order valence-electron chi connectivity index (χ1n) is 9.40. The predicted octanol–water partition coefficient (Wildman–Crippen LogP) is 3.17. The average molecular weight is 380 g/mol. The van der Waals surface area contributed by atoms with E-state index >= 15 is 0 Å². The number of aromatic nitrogens is 1. The second-order valence-electron chi connectivity index (χ2n) is 6.54. The van der Waals surface area contributed by atoms with Crippen LogP contribution >= 0.6 is 0 Å². The van der Waals surface area contributed by atoms with Gasteiger partial charge in [0.2, 0.25) is 23.4 Å². The highest BCUT2D eigenvalue weighted by atomic mass is 16.5. The number of benzene rings is 1. The van der Waals surface area contributed by atoms with Crippen molar-refractivity contribution in [3.8, 4) is 11.8 Å². The molecule has 1 saturated heterocycles. The molecule has 1 aliphatic rings. The summed E-state index contributed by atoms with van der Waals surface area (Å²) in [5.74, 6) is 1.83. The zero-order chi connectivity index (χ0) is 19.9. The SMILES string of the molecule is CCCC(=O)N1CCN(c2oc(/C=C/c3ccc(OC)cc3)nc2C#N)CC1. The molecule has 28 heavy (non-hydrogen) atoms. The number of ether oxygens (including phenoxy) is 1. The van der Waals surface area contributed by atoms with Crippen LogP contribution in [0.1, 0.15) is 36.9 Å². The molecule has 2 aromatic rings. The molecule has 7 heteroatoms. The van der Waals surface area contributed by atoms with Crippen molar-refractivity contribution in [2.45, 2.75) is 19.8 Å². The summed E-state index contributed by atoms with van der Waals surface area (Å²) in [6, 6.07) is 9.71. The lowest BCUT2D eigenvalue weighted by atomic mass is 10.2. The molecule has 0 spiro atoms. The molecule has 146 valence electrons. The van der Waals surface area contributed by atoms with Gasteiger partial charge in [0.1, 0.15) is 11.8 Å². The number of amides is 1. The summed E-state index contributed by atoms with van der Waals surface area (Å²) in [4.78, 5) is 20.2. The van der Waals surface area contributed by atoms with Crippen molar-refractivity contribution in [3.05, 3.63) is 41.4 Å². The molecule has 1 fully saturated rings. The smallest absolute Gasteiger partial charge is 0.235 e. The molecule has 3 rings (SSSR count). The van der Waals surface area contributed by atoms with E-state index in [4.69, 9.17) is 9.15 Å². The molecule has 1 aliphatic heterocycles. The molecule has 0 aliphatic carbocycles. The maximum absolute atomic E-state index is 12.0. The van der Waals surface area contributed by atoms with Crippen LogP contribution in [0.4, 0.5) is 5.88 Å². The Morgan fingerprint density at radius 3 is 2.57 bits per heavy atom. The van der Waals surface area contributed by atoms with Gasteiger partial charge in [0.25, 0.3) is 0 Å². The summed E-state index contributed by atoms with van der Waals surface area (Å²) in [6.45, 7) is 4.51. The molecule has 0 bridgehead atoms. The highest BCUT2D eigenvalue weighted by Gasteiger charge is 2.25. The third-order valence-electron chi connectivity index (χ3n) is 4.65. The monoisotopic (exact) mass is 380 g/mol. The number of hydrogen-bond acceptors (Lipinski definition) is 6. The largest absolute Gasteiger partial charge is 0.497 e. The van der Waals surface area contributed by atoms with Crippen LogP contribution in [0.2, 0.25) is 0 Å². The van der Waals surface area contributed by atoms with Gasteiger partial charge in [-0.15, -0.1) is 0 Å². The van der Waals surface area contributed by atoms with Gasteiger partial charge in [-0.3, -0.25) is 4.79 Å². The highest BCUT2D eigenvalue weighted by molar-refractivity contribution is 5.76. The standard InChI is InChI=1S/C21H24N4O3/c1-3-4-20(26)24-11-13-25(14-12-24)21-18(15-22)23-19(28-21)10-7-16-5-8-17(27-2)9-6-16/h5-10H,3-4,11-14H2,1-2H3/b10-7+. The minimum Gasteiger partial charge on any atom is -0.497 e. The lowest BCUT2D eigenvalue weighted by molar-refractivity contribution is -0.131. The van der Waals surface area contributed by atoms with Gasteiger partial charge >= 0.3 is 0 Å². The Bertz CT molecular complexity index is 872. The molecule has 2 heterocycles. The van der Waals surface area contributed by atoms with Gasteiger partial charge in [0.15, 0.2) is 0 Å². The molecular weight excluding hydrogens is 356 g/mol. The van der Waals surface area contributed by atoms with Crippen LogP contribution in [-0.4, -0.2) is 49.1 Å². The average Bonchev–Trinajstić information content (AvgIpc) is 3.16. The summed E-state index contributed by atoms with van der Waals surface area (Å²) >= 11 is 0. The zero-order valence-corrected chi connectivity index (χ0v) is 16.2. The van der Waals surface area contributed by atoms with Crippen LogP contribution in [0.3, 0.4) is 0 Å². The molecule has 0 saturated carbocycles. The van der Waals surface area contributed by atoms with Gasteiger partial charge in [0.05, 0.1) is 7.11 Å². The van der Waals surface area contributed by atoms with Gasteiger partial charge in [-0.1, -0.05) is 19.1 Å². The fraction of sp³-hybridized carbons (Fsp3) is 0.381. The van der Waals surface area contributed by atoms with E-state index in [-0.39, 0.29) is 11.6 Å². The number of anilines is 1. The van der Waals surface area contributed by atoms with Crippen molar-refractivity contribution < 1.29 is 13.9 Å². The minimum atomic E-state index is 0.184. The van der Waals surface area contributed by atoms with Gasteiger partial charge < -0.3 is 19.0 Å². The van der Waals surface area contributed by atoms with Crippen molar-refractivity contribution in [2.75, 3.05) is 38.2 Å². The summed E-state index contributed by atoms with van der Waals surface area (Å²) in [5, 5.41) is 9.41. The zero-order valence-electron chi connectivity index (χ0n) is 16.2. The highest BCUT2D eigenvalue weighted by Crippen LogP contribution is 2.24. The predicted molar refractivity (Wildman–Crippen MR) is 107 cm³/mol. The van der Waals surface area contributed by atoms with Crippen LogP contribution in [0.15, 0.2) is 28.7 Å². The number of nitrogens with zero attached hydrogens (tertiary/aromatic N) is 4. The van der Waals surface area contributed by atoms with E-state index in [0.29, 0.717) is 44.4 Å². The molecule has 0 atom stereocenters. The number of methoxy groups -OCH3 is 1. The van der Waals surface area contributed by atoms with Crippen LogP contribution < -0.4 is 9.64 Å². The molecule has 0 unspecified atom stereocenters. The first kappa shape index (κ1) is 19.5. The number of oxazole rings is 1. The van der Waals surface area contributed by atoms with E-state index in [1.54, 1.807) is 13.2 Å². The summed E-state index contributed by atoms with van der Waals surface area (Å²) < 4.78 is 11.0. The molecule has 7 nitrogen and oxygen atoms in total. The van der Waals surface area contributed by atoms with E-state index in [1.807, 2.05) is 47.1 Å². The summed E-state index contributed by atoms with van der Waals surface area (Å²) in [5.41, 5.74) is 1.24. The Labute approximate surface area is 164 Å². The van der Waals surface area contributed by atoms with Gasteiger partial charge in [0, 0.05) is 38.7 Å². The van der Waals surface area contributed by atoms with Crippen LogP contribution in [0.25, 0.3) is 12.2 Å². The topological polar surface area (TPSA) is 82.6 Å². The lowest BCUT2D eigenvalue weighted by Crippen LogP contribution is -2.48. The van der Waals surface area contributed by atoms with Gasteiger partial charge in [-0.2, -0.15) is 10.2 Å². The Balaban J connectivity index is 1.68. The van der Waals surface area contributed by atoms with Crippen LogP contribution in [0, 0.1) is 11.3 Å². The van der Waals surface area contributed by atoms with E-state index in [1.165, 1.54) is 0 Å².